The van der Waals surface area contributed by atoms with Crippen molar-refractivity contribution >= 4 is 11.9 Å². The van der Waals surface area contributed by atoms with Gasteiger partial charge in [-0.15, -0.1) is 5.10 Å². The van der Waals surface area contributed by atoms with Crippen LogP contribution in [-0.4, -0.2) is 45.3 Å². The number of carbonyl (C=O) groups excluding carboxylic acids is 2. The van der Waals surface area contributed by atoms with E-state index in [0.717, 1.165) is 12.8 Å². The van der Waals surface area contributed by atoms with Gasteiger partial charge in [0.15, 0.2) is 6.61 Å². The smallest absolute Gasteiger partial charge is 0.321 e. The normalized spacial score (nSPS) is 10.1. The second-order valence-corrected chi connectivity index (χ2v) is 4.70. The Morgan fingerprint density at radius 2 is 2.22 bits per heavy atom. The van der Waals surface area contributed by atoms with Crippen LogP contribution in [0.5, 0.6) is 5.75 Å². The van der Waals surface area contributed by atoms with E-state index in [0.29, 0.717) is 18.0 Å². The van der Waals surface area contributed by atoms with Crippen molar-refractivity contribution < 1.29 is 14.3 Å². The number of unbranched alkanes of at least 4 members (excludes halogenated alkanes) is 1. The third kappa shape index (κ3) is 5.38. The van der Waals surface area contributed by atoms with Crippen molar-refractivity contribution in [1.82, 2.24) is 30.8 Å². The Kier molecular flexibility index (Phi) is 6.04. The van der Waals surface area contributed by atoms with Gasteiger partial charge in [-0.1, -0.05) is 19.4 Å². The largest absolute Gasteiger partial charge is 0.484 e. The SMILES string of the molecule is CCCCNC(=O)NC(=O)COc1cccc(-n2cnnn2)c1. The van der Waals surface area contributed by atoms with E-state index in [2.05, 4.69) is 26.2 Å². The molecule has 9 nitrogen and oxygen atoms in total. The molecule has 0 saturated heterocycles. The molecule has 0 aliphatic carbocycles. The van der Waals surface area contributed by atoms with Crippen LogP contribution in [-0.2, 0) is 4.79 Å². The Balaban J connectivity index is 1.80. The van der Waals surface area contributed by atoms with E-state index in [1.54, 1.807) is 24.3 Å². The summed E-state index contributed by atoms with van der Waals surface area (Å²) in [5, 5.41) is 15.7. The number of urea groups is 1. The number of nitrogens with one attached hydrogen (secondary N) is 2. The lowest BCUT2D eigenvalue weighted by molar-refractivity contribution is -0.122. The number of ether oxygens (including phenoxy) is 1. The number of imide groups is 1. The maximum atomic E-state index is 11.6. The molecule has 2 N–H and O–H groups in total. The summed E-state index contributed by atoms with van der Waals surface area (Å²) in [6.07, 6.45) is 3.28. The standard InChI is InChI=1S/C14H18N6O3/c1-2-3-7-15-14(22)17-13(21)9-23-12-6-4-5-11(8-12)20-10-16-18-19-20/h4-6,8,10H,2-3,7,9H2,1H3,(H2,15,17,21,22). The predicted octanol–water partition coefficient (Wildman–Crippen LogP) is 0.667. The number of tetrazole rings is 1. The lowest BCUT2D eigenvalue weighted by Gasteiger charge is -2.08. The van der Waals surface area contributed by atoms with Gasteiger partial charge in [-0.3, -0.25) is 10.1 Å². The number of hydrogen-bond acceptors (Lipinski definition) is 6. The van der Waals surface area contributed by atoms with Crippen molar-refractivity contribution in [3.05, 3.63) is 30.6 Å². The maximum Gasteiger partial charge on any atom is 0.321 e. The minimum atomic E-state index is -0.521. The van der Waals surface area contributed by atoms with Crippen molar-refractivity contribution in [3.63, 3.8) is 0 Å². The molecule has 122 valence electrons. The molecule has 23 heavy (non-hydrogen) atoms. The predicted molar refractivity (Wildman–Crippen MR) is 81.1 cm³/mol. The van der Waals surface area contributed by atoms with E-state index in [4.69, 9.17) is 4.74 Å². The minimum Gasteiger partial charge on any atom is -0.484 e. The summed E-state index contributed by atoms with van der Waals surface area (Å²) in [4.78, 5) is 23.1. The summed E-state index contributed by atoms with van der Waals surface area (Å²) < 4.78 is 6.83. The van der Waals surface area contributed by atoms with Gasteiger partial charge in [-0.2, -0.15) is 0 Å². The van der Waals surface area contributed by atoms with Crippen LogP contribution >= 0.6 is 0 Å². The van der Waals surface area contributed by atoms with Crippen molar-refractivity contribution in [1.29, 1.82) is 0 Å². The molecule has 0 saturated carbocycles. The first-order valence-electron chi connectivity index (χ1n) is 7.23. The van der Waals surface area contributed by atoms with Crippen molar-refractivity contribution in [3.8, 4) is 11.4 Å². The molecule has 3 amide bonds. The van der Waals surface area contributed by atoms with E-state index in [1.807, 2.05) is 6.92 Å². The molecule has 9 heteroatoms. The summed E-state index contributed by atoms with van der Waals surface area (Å²) in [5.41, 5.74) is 0.699. The van der Waals surface area contributed by atoms with Crippen LogP contribution in [0.25, 0.3) is 5.69 Å². The van der Waals surface area contributed by atoms with Crippen LogP contribution < -0.4 is 15.4 Å². The van der Waals surface area contributed by atoms with Gasteiger partial charge in [0.25, 0.3) is 5.91 Å². The Morgan fingerprint density at radius 1 is 1.35 bits per heavy atom. The molecule has 0 aliphatic rings. The number of hydrogen-bond donors (Lipinski definition) is 2. The quantitative estimate of drug-likeness (QED) is 0.726. The van der Waals surface area contributed by atoms with Crippen LogP contribution in [0.3, 0.4) is 0 Å². The zero-order chi connectivity index (χ0) is 16.5. The van der Waals surface area contributed by atoms with E-state index in [-0.39, 0.29) is 6.61 Å². The number of aromatic nitrogens is 4. The molecular weight excluding hydrogens is 300 g/mol. The first kappa shape index (κ1) is 16.4. The molecule has 1 aromatic heterocycles. The van der Waals surface area contributed by atoms with Gasteiger partial charge >= 0.3 is 6.03 Å². The molecule has 0 aliphatic heterocycles. The first-order chi connectivity index (χ1) is 11.2. The molecule has 2 aromatic rings. The summed E-state index contributed by atoms with van der Waals surface area (Å²) >= 11 is 0. The second kappa shape index (κ2) is 8.47. The lowest BCUT2D eigenvalue weighted by Crippen LogP contribution is -2.41. The summed E-state index contributed by atoms with van der Waals surface area (Å²) in [7, 11) is 0. The molecule has 0 spiro atoms. The topological polar surface area (TPSA) is 111 Å². The van der Waals surface area contributed by atoms with Gasteiger partial charge in [0.05, 0.1) is 5.69 Å². The van der Waals surface area contributed by atoms with Gasteiger partial charge in [-0.25, -0.2) is 9.48 Å². The number of carbonyl (C=O) groups is 2. The minimum absolute atomic E-state index is 0.264. The zero-order valence-electron chi connectivity index (χ0n) is 12.7. The molecular formula is C14H18N6O3. The Bertz CT molecular complexity index is 644. The average Bonchev–Trinajstić information content (AvgIpc) is 3.08. The maximum absolute atomic E-state index is 11.6. The third-order valence-electron chi connectivity index (χ3n) is 2.87. The van der Waals surface area contributed by atoms with Crippen LogP contribution in [0.1, 0.15) is 19.8 Å². The highest BCUT2D eigenvalue weighted by Gasteiger charge is 2.08. The highest BCUT2D eigenvalue weighted by Crippen LogP contribution is 2.15. The second-order valence-electron chi connectivity index (χ2n) is 4.70. The lowest BCUT2D eigenvalue weighted by atomic mass is 10.3. The fraction of sp³-hybridized carbons (Fsp3) is 0.357. The number of benzene rings is 1. The third-order valence-corrected chi connectivity index (χ3v) is 2.87. The van der Waals surface area contributed by atoms with Crippen LogP contribution in [0.15, 0.2) is 30.6 Å². The van der Waals surface area contributed by atoms with Gasteiger partial charge in [-0.05, 0) is 29.0 Å². The fourth-order valence-corrected chi connectivity index (χ4v) is 1.73. The number of amides is 3. The average molecular weight is 318 g/mol. The molecule has 0 atom stereocenters. The van der Waals surface area contributed by atoms with Crippen LogP contribution in [0.2, 0.25) is 0 Å². The molecule has 1 heterocycles. The van der Waals surface area contributed by atoms with Crippen molar-refractivity contribution in [2.45, 2.75) is 19.8 Å². The molecule has 0 radical (unpaired) electrons. The van der Waals surface area contributed by atoms with E-state index < -0.39 is 11.9 Å². The molecule has 0 fully saturated rings. The Labute approximate surface area is 133 Å². The molecule has 0 bridgehead atoms. The monoisotopic (exact) mass is 318 g/mol. The molecule has 0 unspecified atom stereocenters. The highest BCUT2D eigenvalue weighted by molar-refractivity contribution is 5.94. The van der Waals surface area contributed by atoms with E-state index in [1.165, 1.54) is 11.0 Å². The number of nitrogens with zero attached hydrogens (tertiary/aromatic N) is 4. The van der Waals surface area contributed by atoms with Crippen LogP contribution in [0, 0.1) is 0 Å². The Hall–Kier alpha value is -2.97. The van der Waals surface area contributed by atoms with Crippen LogP contribution in [0.4, 0.5) is 4.79 Å². The van der Waals surface area contributed by atoms with Crippen molar-refractivity contribution in [2.24, 2.45) is 0 Å². The highest BCUT2D eigenvalue weighted by atomic mass is 16.5. The van der Waals surface area contributed by atoms with Gasteiger partial charge in [0.1, 0.15) is 12.1 Å². The van der Waals surface area contributed by atoms with Gasteiger partial charge in [0.2, 0.25) is 0 Å². The Morgan fingerprint density at radius 3 is 2.96 bits per heavy atom. The summed E-state index contributed by atoms with van der Waals surface area (Å²) in [6.45, 7) is 2.28. The molecule has 1 aromatic carbocycles. The zero-order valence-corrected chi connectivity index (χ0v) is 12.7. The van der Waals surface area contributed by atoms with E-state index in [9.17, 15) is 9.59 Å². The summed E-state index contributed by atoms with van der Waals surface area (Å²) in [5.74, 6) is -0.0497. The summed E-state index contributed by atoms with van der Waals surface area (Å²) in [6, 6.07) is 6.41. The van der Waals surface area contributed by atoms with Gasteiger partial charge in [0, 0.05) is 12.6 Å². The number of rotatable bonds is 7. The van der Waals surface area contributed by atoms with E-state index >= 15 is 0 Å². The fourth-order valence-electron chi connectivity index (χ4n) is 1.73. The van der Waals surface area contributed by atoms with Crippen molar-refractivity contribution in [2.75, 3.05) is 13.2 Å². The molecule has 2 rings (SSSR count). The first-order valence-corrected chi connectivity index (χ1v) is 7.23. The van der Waals surface area contributed by atoms with Gasteiger partial charge < -0.3 is 10.1 Å².